The first kappa shape index (κ1) is 11.6. The van der Waals surface area contributed by atoms with Crippen LogP contribution in [0.15, 0.2) is 42.9 Å². The van der Waals surface area contributed by atoms with Crippen molar-refractivity contribution in [2.24, 2.45) is 0 Å². The van der Waals surface area contributed by atoms with Gasteiger partial charge in [0.1, 0.15) is 5.82 Å². The lowest BCUT2D eigenvalue weighted by atomic mass is 10.1. The van der Waals surface area contributed by atoms with Crippen molar-refractivity contribution in [3.8, 4) is 0 Å². The molecular formula is C14H17N3. The highest BCUT2D eigenvalue weighted by atomic mass is 15.0. The van der Waals surface area contributed by atoms with Crippen LogP contribution >= 0.6 is 0 Å². The molecule has 1 N–H and O–H groups in total. The van der Waals surface area contributed by atoms with E-state index in [0.29, 0.717) is 5.92 Å². The second-order valence-electron chi connectivity index (χ2n) is 4.35. The molecule has 0 saturated carbocycles. The number of aromatic nitrogens is 2. The zero-order valence-corrected chi connectivity index (χ0v) is 10.2. The third kappa shape index (κ3) is 3.28. The Bertz CT molecular complexity index is 449. The molecule has 0 amide bonds. The summed E-state index contributed by atoms with van der Waals surface area (Å²) in [7, 11) is 0. The summed E-state index contributed by atoms with van der Waals surface area (Å²) in [6.45, 7) is 5.08. The van der Waals surface area contributed by atoms with E-state index in [4.69, 9.17) is 0 Å². The average Bonchev–Trinajstić information content (AvgIpc) is 2.38. The molecule has 2 rings (SSSR count). The van der Waals surface area contributed by atoms with E-state index in [9.17, 15) is 0 Å². The highest BCUT2D eigenvalue weighted by molar-refractivity contribution is 5.37. The topological polar surface area (TPSA) is 37.8 Å². The van der Waals surface area contributed by atoms with Crippen LogP contribution in [-0.2, 0) is 6.54 Å². The van der Waals surface area contributed by atoms with Crippen molar-refractivity contribution < 1.29 is 0 Å². The fourth-order valence-electron chi connectivity index (χ4n) is 1.55. The van der Waals surface area contributed by atoms with Gasteiger partial charge < -0.3 is 5.32 Å². The predicted molar refractivity (Wildman–Crippen MR) is 69.9 cm³/mol. The number of rotatable bonds is 4. The summed E-state index contributed by atoms with van der Waals surface area (Å²) >= 11 is 0. The van der Waals surface area contributed by atoms with Crippen molar-refractivity contribution in [1.82, 2.24) is 9.97 Å². The smallest absolute Gasteiger partial charge is 0.126 e. The average molecular weight is 227 g/mol. The molecule has 3 heteroatoms. The van der Waals surface area contributed by atoms with Crippen molar-refractivity contribution >= 4 is 5.82 Å². The van der Waals surface area contributed by atoms with Crippen molar-refractivity contribution in [3.05, 3.63) is 54.0 Å². The molecule has 2 heterocycles. The zero-order valence-electron chi connectivity index (χ0n) is 10.2. The molecule has 0 atom stereocenters. The molecule has 0 fully saturated rings. The first-order valence-electron chi connectivity index (χ1n) is 5.84. The maximum atomic E-state index is 4.38. The monoisotopic (exact) mass is 227 g/mol. The van der Waals surface area contributed by atoms with Crippen LogP contribution in [-0.4, -0.2) is 9.97 Å². The van der Waals surface area contributed by atoms with Crippen LogP contribution in [0.2, 0.25) is 0 Å². The highest BCUT2D eigenvalue weighted by Gasteiger charge is 1.99. The third-order valence-corrected chi connectivity index (χ3v) is 2.65. The minimum absolute atomic E-state index is 0.523. The summed E-state index contributed by atoms with van der Waals surface area (Å²) in [5.74, 6) is 1.42. The van der Waals surface area contributed by atoms with Crippen molar-refractivity contribution in [2.75, 3.05) is 5.32 Å². The van der Waals surface area contributed by atoms with Gasteiger partial charge in [-0.3, -0.25) is 4.98 Å². The van der Waals surface area contributed by atoms with Crippen LogP contribution in [0.1, 0.15) is 30.9 Å². The molecule has 0 aromatic carbocycles. The summed E-state index contributed by atoms with van der Waals surface area (Å²) in [5.41, 5.74) is 2.42. The van der Waals surface area contributed by atoms with Gasteiger partial charge in [0.25, 0.3) is 0 Å². The van der Waals surface area contributed by atoms with Crippen LogP contribution < -0.4 is 5.32 Å². The summed E-state index contributed by atoms with van der Waals surface area (Å²) in [5, 5.41) is 3.28. The number of hydrogen-bond donors (Lipinski definition) is 1. The Kier molecular flexibility index (Phi) is 3.70. The molecule has 0 saturated heterocycles. The second-order valence-corrected chi connectivity index (χ2v) is 4.35. The molecule has 0 radical (unpaired) electrons. The normalized spacial score (nSPS) is 10.5. The Balaban J connectivity index is 1.96. The highest BCUT2D eigenvalue weighted by Crippen LogP contribution is 2.14. The molecule has 2 aromatic rings. The van der Waals surface area contributed by atoms with Crippen LogP contribution in [0.25, 0.3) is 0 Å². The van der Waals surface area contributed by atoms with Gasteiger partial charge in [-0.2, -0.15) is 0 Å². The number of nitrogens with zero attached hydrogens (tertiary/aromatic N) is 2. The van der Waals surface area contributed by atoms with Gasteiger partial charge in [-0.1, -0.05) is 26.0 Å². The van der Waals surface area contributed by atoms with Gasteiger partial charge in [0.2, 0.25) is 0 Å². The Morgan fingerprint density at radius 1 is 1.18 bits per heavy atom. The summed E-state index contributed by atoms with van der Waals surface area (Å²) in [4.78, 5) is 8.46. The van der Waals surface area contributed by atoms with E-state index >= 15 is 0 Å². The first-order valence-corrected chi connectivity index (χ1v) is 5.84. The molecule has 3 nitrogen and oxygen atoms in total. The standard InChI is InChI=1S/C14H17N3/c1-11(2)13-5-6-14(17-10-13)16-9-12-4-3-7-15-8-12/h3-8,10-11H,9H2,1-2H3,(H,16,17). The molecule has 0 aliphatic rings. The van der Waals surface area contributed by atoms with E-state index in [1.54, 1.807) is 6.20 Å². The lowest BCUT2D eigenvalue weighted by molar-refractivity contribution is 0.858. The Labute approximate surface area is 102 Å². The van der Waals surface area contributed by atoms with E-state index in [1.165, 1.54) is 5.56 Å². The molecular weight excluding hydrogens is 210 g/mol. The minimum atomic E-state index is 0.523. The van der Waals surface area contributed by atoms with Gasteiger partial charge in [0, 0.05) is 25.1 Å². The fraction of sp³-hybridized carbons (Fsp3) is 0.286. The van der Waals surface area contributed by atoms with Gasteiger partial charge in [-0.05, 0) is 29.2 Å². The molecule has 0 spiro atoms. The quantitative estimate of drug-likeness (QED) is 0.871. The molecule has 0 unspecified atom stereocenters. The van der Waals surface area contributed by atoms with E-state index in [2.05, 4.69) is 35.2 Å². The van der Waals surface area contributed by atoms with Crippen LogP contribution in [0, 0.1) is 0 Å². The number of nitrogens with one attached hydrogen (secondary N) is 1. The Morgan fingerprint density at radius 2 is 2.06 bits per heavy atom. The van der Waals surface area contributed by atoms with Gasteiger partial charge in [-0.15, -0.1) is 0 Å². The van der Waals surface area contributed by atoms with Crippen LogP contribution in [0.3, 0.4) is 0 Å². The molecule has 88 valence electrons. The number of hydrogen-bond acceptors (Lipinski definition) is 3. The predicted octanol–water partition coefficient (Wildman–Crippen LogP) is 3.21. The van der Waals surface area contributed by atoms with Gasteiger partial charge >= 0.3 is 0 Å². The van der Waals surface area contributed by atoms with E-state index in [-0.39, 0.29) is 0 Å². The largest absolute Gasteiger partial charge is 0.366 e. The van der Waals surface area contributed by atoms with E-state index < -0.39 is 0 Å². The summed E-state index contributed by atoms with van der Waals surface area (Å²) in [6, 6.07) is 8.11. The number of pyridine rings is 2. The maximum Gasteiger partial charge on any atom is 0.126 e. The Hall–Kier alpha value is -1.90. The van der Waals surface area contributed by atoms with Crippen molar-refractivity contribution in [1.29, 1.82) is 0 Å². The third-order valence-electron chi connectivity index (χ3n) is 2.65. The van der Waals surface area contributed by atoms with E-state index in [0.717, 1.165) is 17.9 Å². The summed E-state index contributed by atoms with van der Waals surface area (Å²) in [6.07, 6.45) is 5.56. The molecule has 0 aliphatic heterocycles. The fourth-order valence-corrected chi connectivity index (χ4v) is 1.55. The first-order chi connectivity index (χ1) is 8.25. The van der Waals surface area contributed by atoms with Crippen molar-refractivity contribution in [2.45, 2.75) is 26.3 Å². The molecule has 0 bridgehead atoms. The van der Waals surface area contributed by atoms with E-state index in [1.807, 2.05) is 30.6 Å². The lowest BCUT2D eigenvalue weighted by Crippen LogP contribution is -2.01. The maximum absolute atomic E-state index is 4.38. The molecule has 2 aromatic heterocycles. The number of anilines is 1. The lowest BCUT2D eigenvalue weighted by Gasteiger charge is -2.08. The zero-order chi connectivity index (χ0) is 12.1. The SMILES string of the molecule is CC(C)c1ccc(NCc2cccnc2)nc1. The molecule has 17 heavy (non-hydrogen) atoms. The van der Waals surface area contributed by atoms with Crippen LogP contribution in [0.5, 0.6) is 0 Å². The van der Waals surface area contributed by atoms with Crippen LogP contribution in [0.4, 0.5) is 5.82 Å². The Morgan fingerprint density at radius 3 is 2.65 bits per heavy atom. The minimum Gasteiger partial charge on any atom is -0.366 e. The summed E-state index contributed by atoms with van der Waals surface area (Å²) < 4.78 is 0. The van der Waals surface area contributed by atoms with Gasteiger partial charge in [-0.25, -0.2) is 4.98 Å². The van der Waals surface area contributed by atoms with Gasteiger partial charge in [0.05, 0.1) is 0 Å². The molecule has 0 aliphatic carbocycles. The second kappa shape index (κ2) is 5.43. The van der Waals surface area contributed by atoms with Gasteiger partial charge in [0.15, 0.2) is 0 Å². The van der Waals surface area contributed by atoms with Crippen molar-refractivity contribution in [3.63, 3.8) is 0 Å².